The molecule has 10 heteroatoms. The van der Waals surface area contributed by atoms with Crippen molar-refractivity contribution in [1.29, 1.82) is 0 Å². The van der Waals surface area contributed by atoms with Crippen molar-refractivity contribution in [2.75, 3.05) is 0 Å². The van der Waals surface area contributed by atoms with E-state index in [4.69, 9.17) is 11.6 Å². The van der Waals surface area contributed by atoms with Gasteiger partial charge in [-0.3, -0.25) is 10.1 Å². The van der Waals surface area contributed by atoms with Gasteiger partial charge in [0.25, 0.3) is 15.7 Å². The number of nitrogens with one attached hydrogen (secondary N) is 1. The lowest BCUT2D eigenvalue weighted by Gasteiger charge is -2.03. The molecule has 0 spiro atoms. The van der Waals surface area contributed by atoms with Gasteiger partial charge in [0.15, 0.2) is 0 Å². The molecule has 0 aromatic heterocycles. The third-order valence-electron chi connectivity index (χ3n) is 2.72. The monoisotopic (exact) mass is 355 g/mol. The average Bonchev–Trinajstić information content (AvgIpc) is 2.50. The molecule has 0 atom stereocenters. The molecule has 2 aromatic carbocycles. The summed E-state index contributed by atoms with van der Waals surface area (Å²) >= 11 is 5.76. The number of rotatable bonds is 5. The highest BCUT2D eigenvalue weighted by Crippen LogP contribution is 2.20. The van der Waals surface area contributed by atoms with E-state index in [1.807, 2.05) is 4.83 Å². The molecule has 2 N–H and O–H groups in total. The number of non-ortho nitro benzene ring substituents is 1. The number of nitro groups is 1. The molecule has 0 saturated heterocycles. The number of phenols is 1. The number of sulfonamides is 1. The summed E-state index contributed by atoms with van der Waals surface area (Å²) in [5, 5.41) is 24.0. The second kappa shape index (κ2) is 6.63. The van der Waals surface area contributed by atoms with E-state index in [2.05, 4.69) is 5.10 Å². The molecule has 0 aliphatic carbocycles. The van der Waals surface area contributed by atoms with E-state index in [1.165, 1.54) is 18.2 Å². The maximum absolute atomic E-state index is 12.0. The van der Waals surface area contributed by atoms with Crippen molar-refractivity contribution in [1.82, 2.24) is 4.83 Å². The number of aromatic hydroxyl groups is 1. The zero-order valence-corrected chi connectivity index (χ0v) is 13.0. The number of benzene rings is 2. The van der Waals surface area contributed by atoms with Crippen molar-refractivity contribution in [3.8, 4) is 5.75 Å². The van der Waals surface area contributed by atoms with Gasteiger partial charge in [-0.15, -0.1) is 0 Å². The Hall–Kier alpha value is -2.65. The number of hydrogen-bond acceptors (Lipinski definition) is 6. The number of nitro benzene ring substituents is 1. The Labute approximate surface area is 136 Å². The van der Waals surface area contributed by atoms with Gasteiger partial charge in [-0.2, -0.15) is 13.5 Å². The normalized spacial score (nSPS) is 11.5. The van der Waals surface area contributed by atoms with Crippen molar-refractivity contribution < 1.29 is 18.4 Å². The standard InChI is InChI=1S/C13H10ClN3O5S/c14-10-1-6-13(18)9(7-10)8-15-16-23(21,22)12-4-2-11(3-5-12)17(19)20/h1-8,16,18H. The van der Waals surface area contributed by atoms with Crippen molar-refractivity contribution in [3.05, 3.63) is 63.2 Å². The van der Waals surface area contributed by atoms with E-state index in [0.29, 0.717) is 5.02 Å². The highest BCUT2D eigenvalue weighted by atomic mass is 35.5. The lowest BCUT2D eigenvalue weighted by molar-refractivity contribution is -0.384. The molecule has 0 unspecified atom stereocenters. The molecule has 120 valence electrons. The molecule has 2 aromatic rings. The lowest BCUT2D eigenvalue weighted by Crippen LogP contribution is -2.18. The summed E-state index contributed by atoms with van der Waals surface area (Å²) in [6, 6.07) is 8.53. The van der Waals surface area contributed by atoms with Crippen LogP contribution in [0.3, 0.4) is 0 Å². The van der Waals surface area contributed by atoms with Crippen LogP contribution in [0.15, 0.2) is 52.5 Å². The Balaban J connectivity index is 2.16. The Kier molecular flexibility index (Phi) is 4.82. The van der Waals surface area contributed by atoms with Gasteiger partial charge in [-0.1, -0.05) is 11.6 Å². The second-order valence-corrected chi connectivity index (χ2v) is 6.40. The molecule has 0 heterocycles. The van der Waals surface area contributed by atoms with Crippen LogP contribution >= 0.6 is 11.6 Å². The topological polar surface area (TPSA) is 122 Å². The van der Waals surface area contributed by atoms with Gasteiger partial charge >= 0.3 is 0 Å². The van der Waals surface area contributed by atoms with Crippen molar-refractivity contribution in [2.24, 2.45) is 5.10 Å². The first-order valence-corrected chi connectivity index (χ1v) is 7.93. The van der Waals surface area contributed by atoms with Crippen LogP contribution in [0.1, 0.15) is 5.56 Å². The lowest BCUT2D eigenvalue weighted by atomic mass is 10.2. The number of halogens is 1. The van der Waals surface area contributed by atoms with Gasteiger partial charge in [0.05, 0.1) is 16.0 Å². The smallest absolute Gasteiger partial charge is 0.276 e. The molecule has 0 aliphatic heterocycles. The van der Waals surface area contributed by atoms with Crippen LogP contribution in [-0.2, 0) is 10.0 Å². The summed E-state index contributed by atoms with van der Waals surface area (Å²) < 4.78 is 23.9. The van der Waals surface area contributed by atoms with Gasteiger partial charge in [0.2, 0.25) is 0 Å². The Morgan fingerprint density at radius 2 is 1.87 bits per heavy atom. The van der Waals surface area contributed by atoms with Crippen LogP contribution in [0.5, 0.6) is 5.75 Å². The molecule has 0 amide bonds. The predicted octanol–water partition coefficient (Wildman–Crippen LogP) is 2.27. The Morgan fingerprint density at radius 1 is 1.22 bits per heavy atom. The largest absolute Gasteiger partial charge is 0.507 e. The number of phenolic OH excluding ortho intramolecular Hbond substituents is 1. The minimum atomic E-state index is -3.98. The van der Waals surface area contributed by atoms with E-state index >= 15 is 0 Å². The van der Waals surface area contributed by atoms with Crippen LogP contribution in [0, 0.1) is 10.1 Å². The van der Waals surface area contributed by atoms with Crippen molar-refractivity contribution >= 4 is 33.5 Å². The molecule has 0 bridgehead atoms. The first-order valence-electron chi connectivity index (χ1n) is 6.07. The Morgan fingerprint density at radius 3 is 2.48 bits per heavy atom. The summed E-state index contributed by atoms with van der Waals surface area (Å²) in [5.74, 6) is -0.118. The van der Waals surface area contributed by atoms with E-state index in [1.54, 1.807) is 0 Å². The molecule has 0 saturated carbocycles. The van der Waals surface area contributed by atoms with Gasteiger partial charge in [0.1, 0.15) is 5.75 Å². The molecule has 23 heavy (non-hydrogen) atoms. The SMILES string of the molecule is O=[N+]([O-])c1ccc(S(=O)(=O)NN=Cc2cc(Cl)ccc2O)cc1. The zero-order chi connectivity index (χ0) is 17.0. The summed E-state index contributed by atoms with van der Waals surface area (Å²) in [5.41, 5.74) is 0.000186. The molecule has 8 nitrogen and oxygen atoms in total. The van der Waals surface area contributed by atoms with Gasteiger partial charge < -0.3 is 5.11 Å². The van der Waals surface area contributed by atoms with E-state index in [9.17, 15) is 23.6 Å². The molecule has 2 rings (SSSR count). The second-order valence-electron chi connectivity index (χ2n) is 4.31. The maximum atomic E-state index is 12.0. The first-order chi connectivity index (χ1) is 10.8. The molecule has 0 aliphatic rings. The van der Waals surface area contributed by atoms with Gasteiger partial charge in [-0.05, 0) is 30.3 Å². The zero-order valence-electron chi connectivity index (χ0n) is 11.4. The third kappa shape index (κ3) is 4.18. The van der Waals surface area contributed by atoms with Crippen LogP contribution in [0.25, 0.3) is 0 Å². The minimum absolute atomic E-state index is 0.118. The first kappa shape index (κ1) is 16.7. The van der Waals surface area contributed by atoms with E-state index in [0.717, 1.165) is 30.5 Å². The maximum Gasteiger partial charge on any atom is 0.276 e. The van der Waals surface area contributed by atoms with E-state index in [-0.39, 0.29) is 21.9 Å². The van der Waals surface area contributed by atoms with Crippen LogP contribution in [-0.4, -0.2) is 24.7 Å². The van der Waals surface area contributed by atoms with Crippen LogP contribution in [0.2, 0.25) is 5.02 Å². The molecular formula is C13H10ClN3O5S. The fourth-order valence-electron chi connectivity index (χ4n) is 1.59. The summed E-state index contributed by atoms with van der Waals surface area (Å²) in [7, 11) is -3.98. The Bertz CT molecular complexity index is 866. The van der Waals surface area contributed by atoms with Crippen molar-refractivity contribution in [3.63, 3.8) is 0 Å². The average molecular weight is 356 g/mol. The number of nitrogens with zero attached hydrogens (tertiary/aromatic N) is 2. The fourth-order valence-corrected chi connectivity index (χ4v) is 2.57. The van der Waals surface area contributed by atoms with Crippen molar-refractivity contribution in [2.45, 2.75) is 4.90 Å². The highest BCUT2D eigenvalue weighted by Gasteiger charge is 2.14. The van der Waals surface area contributed by atoms with Gasteiger partial charge in [-0.25, -0.2) is 4.83 Å². The van der Waals surface area contributed by atoms with Crippen LogP contribution < -0.4 is 4.83 Å². The van der Waals surface area contributed by atoms with Gasteiger partial charge in [0, 0.05) is 22.7 Å². The third-order valence-corrected chi connectivity index (χ3v) is 4.20. The van der Waals surface area contributed by atoms with Crippen LogP contribution in [0.4, 0.5) is 5.69 Å². The fraction of sp³-hybridized carbons (Fsp3) is 0. The van der Waals surface area contributed by atoms with E-state index < -0.39 is 14.9 Å². The quantitative estimate of drug-likeness (QED) is 0.484. The summed E-state index contributed by atoms with van der Waals surface area (Å²) in [4.78, 5) is 11.6. The summed E-state index contributed by atoms with van der Waals surface area (Å²) in [6.07, 6.45) is 1.09. The molecular weight excluding hydrogens is 346 g/mol. The molecule has 0 fully saturated rings. The molecule has 0 radical (unpaired) electrons. The minimum Gasteiger partial charge on any atom is -0.507 e. The summed E-state index contributed by atoms with van der Waals surface area (Å²) in [6.45, 7) is 0. The predicted molar refractivity (Wildman–Crippen MR) is 84.1 cm³/mol. The number of hydrazone groups is 1. The highest BCUT2D eigenvalue weighted by molar-refractivity contribution is 7.89. The number of hydrogen-bond donors (Lipinski definition) is 2.